The summed E-state index contributed by atoms with van der Waals surface area (Å²) in [5, 5.41) is 8.12. The van der Waals surface area contributed by atoms with Gasteiger partial charge in [-0.1, -0.05) is 24.3 Å². The van der Waals surface area contributed by atoms with Crippen LogP contribution >= 0.6 is 28.1 Å². The predicted octanol–water partition coefficient (Wildman–Crippen LogP) is 2.94. The second kappa shape index (κ2) is 7.85. The number of amides is 2. The first-order valence-electron chi connectivity index (χ1n) is 6.71. The molecule has 0 saturated heterocycles. The fraction of sp³-hybridized carbons (Fsp3) is 0.0625. The average molecular weight is 392 g/mol. The van der Waals surface area contributed by atoms with Gasteiger partial charge < -0.3 is 10.6 Å². The number of carbonyl (C=O) groups is 2. The first-order valence-corrected chi connectivity index (χ1v) is 7.91. The van der Waals surface area contributed by atoms with Crippen molar-refractivity contribution in [3.63, 3.8) is 0 Å². The van der Waals surface area contributed by atoms with Gasteiger partial charge in [0, 0.05) is 11.5 Å². The molecule has 118 valence electrons. The number of thiocarbonyl (C=S) groups is 1. The van der Waals surface area contributed by atoms with Crippen LogP contribution in [0.1, 0.15) is 20.7 Å². The number of carbonyl (C=O) groups excluding carboxylic acids is 2. The molecule has 0 aliphatic carbocycles. The Morgan fingerprint density at radius 2 is 1.57 bits per heavy atom. The monoisotopic (exact) mass is 391 g/mol. The van der Waals surface area contributed by atoms with Gasteiger partial charge in [-0.25, -0.2) is 0 Å². The third-order valence-corrected chi connectivity index (χ3v) is 3.89. The van der Waals surface area contributed by atoms with Crippen molar-refractivity contribution in [2.75, 3.05) is 12.4 Å². The maximum Gasteiger partial charge on any atom is 0.258 e. The number of benzene rings is 2. The summed E-state index contributed by atoms with van der Waals surface area (Å²) >= 11 is 8.46. The van der Waals surface area contributed by atoms with Crippen molar-refractivity contribution in [1.82, 2.24) is 10.6 Å². The van der Waals surface area contributed by atoms with Crippen LogP contribution in [0.2, 0.25) is 0 Å². The van der Waals surface area contributed by atoms with Crippen LogP contribution in [0, 0.1) is 0 Å². The largest absolute Gasteiger partial charge is 0.355 e. The van der Waals surface area contributed by atoms with Gasteiger partial charge in [0.2, 0.25) is 0 Å². The van der Waals surface area contributed by atoms with Crippen molar-refractivity contribution in [3.8, 4) is 0 Å². The van der Waals surface area contributed by atoms with Crippen LogP contribution in [0.5, 0.6) is 0 Å². The van der Waals surface area contributed by atoms with E-state index in [-0.39, 0.29) is 16.9 Å². The van der Waals surface area contributed by atoms with Crippen LogP contribution in [0.15, 0.2) is 53.0 Å². The van der Waals surface area contributed by atoms with E-state index in [9.17, 15) is 9.59 Å². The summed E-state index contributed by atoms with van der Waals surface area (Å²) in [6.07, 6.45) is 0. The topological polar surface area (TPSA) is 70.2 Å². The second-order valence-electron chi connectivity index (χ2n) is 4.51. The van der Waals surface area contributed by atoms with Crippen molar-refractivity contribution >= 4 is 50.8 Å². The van der Waals surface area contributed by atoms with E-state index in [1.54, 1.807) is 49.5 Å². The molecular weight excluding hydrogens is 378 g/mol. The molecule has 0 radical (unpaired) electrons. The third-order valence-electron chi connectivity index (χ3n) is 2.99. The molecule has 0 bridgehead atoms. The number of nitrogens with one attached hydrogen (secondary N) is 3. The van der Waals surface area contributed by atoms with Crippen LogP contribution in [-0.2, 0) is 0 Å². The molecule has 0 fully saturated rings. The van der Waals surface area contributed by atoms with E-state index in [1.807, 2.05) is 6.07 Å². The Labute approximate surface area is 147 Å². The van der Waals surface area contributed by atoms with Crippen LogP contribution in [-0.4, -0.2) is 24.0 Å². The Hall–Kier alpha value is -2.25. The molecule has 7 heteroatoms. The molecule has 0 saturated carbocycles. The number of rotatable bonds is 3. The first-order chi connectivity index (χ1) is 11.0. The van der Waals surface area contributed by atoms with Gasteiger partial charge >= 0.3 is 0 Å². The van der Waals surface area contributed by atoms with Gasteiger partial charge in [-0.3, -0.25) is 14.9 Å². The fourth-order valence-corrected chi connectivity index (χ4v) is 2.56. The Bertz CT molecular complexity index is 764. The summed E-state index contributed by atoms with van der Waals surface area (Å²) in [4.78, 5) is 24.0. The molecule has 0 unspecified atom stereocenters. The summed E-state index contributed by atoms with van der Waals surface area (Å²) in [6.45, 7) is 0. The normalized spacial score (nSPS) is 9.83. The summed E-state index contributed by atoms with van der Waals surface area (Å²) in [7, 11) is 1.55. The quantitative estimate of drug-likeness (QED) is 0.703. The zero-order valence-electron chi connectivity index (χ0n) is 12.2. The maximum absolute atomic E-state index is 12.2. The highest BCUT2D eigenvalue weighted by molar-refractivity contribution is 9.10. The van der Waals surface area contributed by atoms with E-state index >= 15 is 0 Å². The lowest BCUT2D eigenvalue weighted by molar-refractivity contribution is 0.0960. The van der Waals surface area contributed by atoms with Crippen LogP contribution in [0.25, 0.3) is 0 Å². The van der Waals surface area contributed by atoms with E-state index in [1.165, 1.54) is 0 Å². The minimum Gasteiger partial charge on any atom is -0.355 e. The molecular formula is C16H14BrN3O2S. The molecule has 2 amide bonds. The molecule has 0 atom stereocenters. The lowest BCUT2D eigenvalue weighted by atomic mass is 10.1. The molecule has 0 aromatic heterocycles. The van der Waals surface area contributed by atoms with E-state index < -0.39 is 0 Å². The Morgan fingerprint density at radius 1 is 0.957 bits per heavy atom. The molecule has 0 aliphatic rings. The lowest BCUT2D eigenvalue weighted by Crippen LogP contribution is -2.35. The molecule has 2 rings (SSSR count). The zero-order chi connectivity index (χ0) is 16.8. The highest BCUT2D eigenvalue weighted by Crippen LogP contribution is 2.17. The smallest absolute Gasteiger partial charge is 0.258 e. The Morgan fingerprint density at radius 3 is 2.22 bits per heavy atom. The maximum atomic E-state index is 12.2. The first kappa shape index (κ1) is 17.1. The summed E-state index contributed by atoms with van der Waals surface area (Å²) in [5.41, 5.74) is 1.42. The SMILES string of the molecule is CNC(=O)c1ccccc1NC(=S)NC(=O)c1ccccc1Br. The van der Waals surface area contributed by atoms with Gasteiger partial charge in [0.05, 0.1) is 16.8 Å². The van der Waals surface area contributed by atoms with Crippen molar-refractivity contribution in [2.24, 2.45) is 0 Å². The summed E-state index contributed by atoms with van der Waals surface area (Å²) in [6, 6.07) is 13.9. The van der Waals surface area contributed by atoms with Gasteiger partial charge in [0.15, 0.2) is 5.11 Å². The zero-order valence-corrected chi connectivity index (χ0v) is 14.6. The summed E-state index contributed by atoms with van der Waals surface area (Å²) in [5.74, 6) is -0.583. The molecule has 0 aliphatic heterocycles. The van der Waals surface area contributed by atoms with Gasteiger partial charge in [0.1, 0.15) is 0 Å². The van der Waals surface area contributed by atoms with E-state index in [4.69, 9.17) is 12.2 Å². The number of halogens is 1. The van der Waals surface area contributed by atoms with Gasteiger partial charge in [0.25, 0.3) is 11.8 Å². The highest BCUT2D eigenvalue weighted by atomic mass is 79.9. The minimum atomic E-state index is -0.340. The van der Waals surface area contributed by atoms with Gasteiger partial charge in [-0.2, -0.15) is 0 Å². The molecule has 2 aromatic rings. The second-order valence-corrected chi connectivity index (χ2v) is 5.78. The fourth-order valence-electron chi connectivity index (χ4n) is 1.89. The average Bonchev–Trinajstić information content (AvgIpc) is 2.54. The number of para-hydroxylation sites is 1. The van der Waals surface area contributed by atoms with Gasteiger partial charge in [-0.05, 0) is 52.4 Å². The van der Waals surface area contributed by atoms with Crippen LogP contribution < -0.4 is 16.0 Å². The van der Waals surface area contributed by atoms with Crippen molar-refractivity contribution in [3.05, 3.63) is 64.1 Å². The molecule has 23 heavy (non-hydrogen) atoms. The standard InChI is InChI=1S/C16H14BrN3O2S/c1-18-14(21)11-7-3-5-9-13(11)19-16(23)20-15(22)10-6-2-4-8-12(10)17/h2-9H,1H3,(H,18,21)(H2,19,20,22,23). The Kier molecular flexibility index (Phi) is 5.84. The van der Waals surface area contributed by atoms with Gasteiger partial charge in [-0.15, -0.1) is 0 Å². The highest BCUT2D eigenvalue weighted by Gasteiger charge is 2.13. The van der Waals surface area contributed by atoms with Crippen molar-refractivity contribution in [2.45, 2.75) is 0 Å². The Balaban J connectivity index is 2.10. The minimum absolute atomic E-state index is 0.113. The summed E-state index contributed by atoms with van der Waals surface area (Å²) < 4.78 is 0.672. The van der Waals surface area contributed by atoms with Crippen molar-refractivity contribution in [1.29, 1.82) is 0 Å². The molecule has 5 nitrogen and oxygen atoms in total. The molecule has 0 spiro atoms. The van der Waals surface area contributed by atoms with E-state index in [0.717, 1.165) is 0 Å². The van der Waals surface area contributed by atoms with Crippen LogP contribution in [0.4, 0.5) is 5.69 Å². The number of hydrogen-bond acceptors (Lipinski definition) is 3. The molecule has 2 aromatic carbocycles. The third kappa shape index (κ3) is 4.37. The molecule has 3 N–H and O–H groups in total. The van der Waals surface area contributed by atoms with Crippen LogP contribution in [0.3, 0.4) is 0 Å². The van der Waals surface area contributed by atoms with E-state index in [2.05, 4.69) is 31.9 Å². The van der Waals surface area contributed by atoms with E-state index in [0.29, 0.717) is 21.3 Å². The number of hydrogen-bond donors (Lipinski definition) is 3. The lowest BCUT2D eigenvalue weighted by Gasteiger charge is -2.13. The number of anilines is 1. The van der Waals surface area contributed by atoms with Crippen molar-refractivity contribution < 1.29 is 9.59 Å². The predicted molar refractivity (Wildman–Crippen MR) is 97.7 cm³/mol. The molecule has 0 heterocycles.